The Morgan fingerprint density at radius 2 is 1.29 bits per heavy atom. The van der Waals surface area contributed by atoms with Crippen LogP contribution in [-0.4, -0.2) is 22.2 Å². The fraction of sp³-hybridized carbons (Fsp3) is 0.0625. The van der Waals surface area contributed by atoms with Crippen molar-refractivity contribution in [2.75, 3.05) is 0 Å². The zero-order valence-corrected chi connectivity index (χ0v) is 11.1. The first-order valence-electron chi connectivity index (χ1n) is 6.02. The van der Waals surface area contributed by atoms with Crippen LogP contribution in [0.2, 0.25) is 0 Å². The molecule has 0 unspecified atom stereocenters. The maximum absolute atomic E-state index is 10.3. The highest BCUT2D eigenvalue weighted by Gasteiger charge is 2.04. The molecule has 0 fully saturated rings. The van der Waals surface area contributed by atoms with E-state index in [0.717, 1.165) is 5.56 Å². The maximum Gasteiger partial charge on any atom is 0.335 e. The van der Waals surface area contributed by atoms with Gasteiger partial charge in [-0.25, -0.2) is 9.59 Å². The Hall–Kier alpha value is -3.13. The molecule has 0 atom stereocenters. The third kappa shape index (κ3) is 5.57. The molecule has 0 amide bonds. The normalized spacial score (nSPS) is 8.90. The van der Waals surface area contributed by atoms with Gasteiger partial charge in [0.15, 0.2) is 0 Å². The number of carboxylic acid groups (broad SMARTS) is 2. The summed E-state index contributed by atoms with van der Waals surface area (Å²) in [4.78, 5) is 20.7. The average molecular weight is 283 g/mol. The average Bonchev–Trinajstić information content (AvgIpc) is 2.49. The summed E-state index contributed by atoms with van der Waals surface area (Å²) in [5.41, 5.74) is 1.25. The predicted octanol–water partition coefficient (Wildman–Crippen LogP) is 2.84. The van der Waals surface area contributed by atoms with Gasteiger partial charge in [0.1, 0.15) is 0 Å². The van der Waals surface area contributed by atoms with E-state index < -0.39 is 11.9 Å². The number of hydrogen-bond acceptors (Lipinski definition) is 3. The largest absolute Gasteiger partial charge is 0.478 e. The van der Waals surface area contributed by atoms with E-state index >= 15 is 0 Å². The van der Waals surface area contributed by atoms with Crippen molar-refractivity contribution in [2.24, 2.45) is 0 Å². The first kappa shape index (κ1) is 15.9. The summed E-state index contributed by atoms with van der Waals surface area (Å²) in [6.45, 7) is 0. The van der Waals surface area contributed by atoms with E-state index in [1.807, 2.05) is 30.3 Å². The van der Waals surface area contributed by atoms with E-state index in [2.05, 4.69) is 6.07 Å². The maximum atomic E-state index is 10.3. The molecule has 2 rings (SSSR count). The molecule has 0 aliphatic carbocycles. The van der Waals surface area contributed by atoms with Gasteiger partial charge >= 0.3 is 11.9 Å². The Bertz CT molecular complexity index is 609. The molecule has 2 aromatic carbocycles. The van der Waals surface area contributed by atoms with Crippen molar-refractivity contribution in [3.05, 3.63) is 71.3 Å². The van der Waals surface area contributed by atoms with Gasteiger partial charge in [-0.15, -0.1) is 0 Å². The summed E-state index contributed by atoms with van der Waals surface area (Å²) in [6.07, 6.45) is 0.515. The van der Waals surface area contributed by atoms with Gasteiger partial charge in [0.2, 0.25) is 0 Å². The van der Waals surface area contributed by atoms with Gasteiger partial charge in [-0.1, -0.05) is 30.3 Å². The Balaban J connectivity index is 0.000000219. The highest BCUT2D eigenvalue weighted by molar-refractivity contribution is 5.91. The molecule has 5 nitrogen and oxygen atoms in total. The van der Waals surface area contributed by atoms with Crippen molar-refractivity contribution < 1.29 is 19.8 Å². The van der Waals surface area contributed by atoms with E-state index in [1.54, 1.807) is 0 Å². The van der Waals surface area contributed by atoms with E-state index in [9.17, 15) is 9.59 Å². The molecule has 21 heavy (non-hydrogen) atoms. The lowest BCUT2D eigenvalue weighted by Crippen LogP contribution is -1.99. The Kier molecular flexibility index (Phi) is 6.16. The van der Waals surface area contributed by atoms with Gasteiger partial charge < -0.3 is 10.2 Å². The minimum atomic E-state index is -1.06. The number of nitrogens with zero attached hydrogens (tertiary/aromatic N) is 1. The topological polar surface area (TPSA) is 98.4 Å². The van der Waals surface area contributed by atoms with E-state index in [4.69, 9.17) is 15.5 Å². The van der Waals surface area contributed by atoms with Crippen molar-refractivity contribution in [1.29, 1.82) is 5.26 Å². The SMILES string of the molecule is N#CCc1ccccc1.O=C(O)c1ccc(C(=O)O)cc1. The van der Waals surface area contributed by atoms with Gasteiger partial charge in [-0.05, 0) is 29.8 Å². The van der Waals surface area contributed by atoms with Crippen molar-refractivity contribution in [1.82, 2.24) is 0 Å². The standard InChI is InChI=1S/C8H7N.C8H6O4/c9-7-6-8-4-2-1-3-5-8;9-7(10)5-1-2-6(4-3-5)8(11)12/h1-5H,6H2;1-4H,(H,9,10)(H,11,12). The van der Waals surface area contributed by atoms with Crippen molar-refractivity contribution in [3.8, 4) is 6.07 Å². The molecular formula is C16H13NO4. The minimum Gasteiger partial charge on any atom is -0.478 e. The van der Waals surface area contributed by atoms with E-state index in [0.29, 0.717) is 6.42 Å². The molecule has 0 aromatic heterocycles. The molecule has 0 bridgehead atoms. The van der Waals surface area contributed by atoms with Crippen molar-refractivity contribution in [2.45, 2.75) is 6.42 Å². The molecule has 0 saturated heterocycles. The monoisotopic (exact) mass is 283 g/mol. The fourth-order valence-electron chi connectivity index (χ4n) is 1.44. The van der Waals surface area contributed by atoms with Crippen molar-refractivity contribution >= 4 is 11.9 Å². The molecule has 0 aliphatic rings. The molecule has 0 radical (unpaired) electrons. The molecule has 2 aromatic rings. The van der Waals surface area contributed by atoms with E-state index in [-0.39, 0.29) is 11.1 Å². The number of hydrogen-bond donors (Lipinski definition) is 2. The Morgan fingerprint density at radius 1 is 0.857 bits per heavy atom. The highest BCUT2D eigenvalue weighted by atomic mass is 16.4. The quantitative estimate of drug-likeness (QED) is 0.902. The number of nitriles is 1. The van der Waals surface area contributed by atoms with Crippen LogP contribution < -0.4 is 0 Å². The second kappa shape index (κ2) is 8.12. The Labute approximate surface area is 121 Å². The number of carboxylic acids is 2. The third-order valence-corrected chi connectivity index (χ3v) is 2.50. The molecule has 106 valence electrons. The van der Waals surface area contributed by atoms with Gasteiger partial charge in [-0.3, -0.25) is 0 Å². The second-order valence-electron chi connectivity index (χ2n) is 4.01. The van der Waals surface area contributed by atoms with E-state index in [1.165, 1.54) is 24.3 Å². The lowest BCUT2D eigenvalue weighted by Gasteiger charge is -1.94. The van der Waals surface area contributed by atoms with Gasteiger partial charge in [0.25, 0.3) is 0 Å². The zero-order chi connectivity index (χ0) is 15.7. The van der Waals surface area contributed by atoms with Crippen LogP contribution in [0.5, 0.6) is 0 Å². The van der Waals surface area contributed by atoms with Crippen LogP contribution in [0, 0.1) is 11.3 Å². The molecule has 2 N–H and O–H groups in total. The fourth-order valence-corrected chi connectivity index (χ4v) is 1.44. The number of rotatable bonds is 3. The third-order valence-electron chi connectivity index (χ3n) is 2.50. The number of benzene rings is 2. The predicted molar refractivity (Wildman–Crippen MR) is 76.1 cm³/mol. The molecule has 0 spiro atoms. The summed E-state index contributed by atoms with van der Waals surface area (Å²) in [5.74, 6) is -2.13. The van der Waals surface area contributed by atoms with Gasteiger partial charge in [-0.2, -0.15) is 5.26 Å². The molecule has 0 heterocycles. The van der Waals surface area contributed by atoms with Crippen LogP contribution in [0.4, 0.5) is 0 Å². The minimum absolute atomic E-state index is 0.0833. The smallest absolute Gasteiger partial charge is 0.335 e. The number of aromatic carboxylic acids is 2. The second-order valence-corrected chi connectivity index (χ2v) is 4.01. The summed E-state index contributed by atoms with van der Waals surface area (Å²) in [6, 6.07) is 16.8. The summed E-state index contributed by atoms with van der Waals surface area (Å²) >= 11 is 0. The summed E-state index contributed by atoms with van der Waals surface area (Å²) < 4.78 is 0. The Morgan fingerprint density at radius 3 is 1.62 bits per heavy atom. The van der Waals surface area contributed by atoms with Crippen LogP contribution in [0.3, 0.4) is 0 Å². The number of carbonyl (C=O) groups is 2. The molecule has 5 heteroatoms. The van der Waals surface area contributed by atoms with Crippen LogP contribution in [0.15, 0.2) is 54.6 Å². The van der Waals surface area contributed by atoms with Crippen LogP contribution >= 0.6 is 0 Å². The first-order valence-corrected chi connectivity index (χ1v) is 6.02. The lowest BCUT2D eigenvalue weighted by atomic mass is 10.1. The van der Waals surface area contributed by atoms with Crippen molar-refractivity contribution in [3.63, 3.8) is 0 Å². The van der Waals surface area contributed by atoms with Gasteiger partial charge in [0, 0.05) is 0 Å². The highest BCUT2D eigenvalue weighted by Crippen LogP contribution is 2.03. The molecular weight excluding hydrogens is 270 g/mol. The molecule has 0 saturated carbocycles. The van der Waals surface area contributed by atoms with Crippen LogP contribution in [-0.2, 0) is 6.42 Å². The summed E-state index contributed by atoms with van der Waals surface area (Å²) in [5, 5.41) is 25.2. The summed E-state index contributed by atoms with van der Waals surface area (Å²) in [7, 11) is 0. The van der Waals surface area contributed by atoms with Crippen LogP contribution in [0.1, 0.15) is 26.3 Å². The first-order chi connectivity index (χ1) is 10.0. The van der Waals surface area contributed by atoms with Crippen LogP contribution in [0.25, 0.3) is 0 Å². The van der Waals surface area contributed by atoms with Gasteiger partial charge in [0.05, 0.1) is 23.6 Å². The molecule has 0 aliphatic heterocycles. The zero-order valence-electron chi connectivity index (χ0n) is 11.1. The lowest BCUT2D eigenvalue weighted by molar-refractivity contribution is 0.0681.